The fourth-order valence-electron chi connectivity index (χ4n) is 3.41. The predicted molar refractivity (Wildman–Crippen MR) is 106 cm³/mol. The van der Waals surface area contributed by atoms with Crippen LogP contribution in [0.4, 0.5) is 5.13 Å². The molecule has 3 aromatic rings. The van der Waals surface area contributed by atoms with E-state index < -0.39 is 0 Å². The first-order valence-electron chi connectivity index (χ1n) is 9.18. The van der Waals surface area contributed by atoms with Crippen molar-refractivity contribution in [3.63, 3.8) is 0 Å². The van der Waals surface area contributed by atoms with E-state index in [1.54, 1.807) is 11.3 Å². The SMILES string of the molecule is CC(C)[C@H](CNc1nn2cc(-c3ccccc3)nc2s1)N1CCOCC1. The highest BCUT2D eigenvalue weighted by Crippen LogP contribution is 2.24. The topological polar surface area (TPSA) is 54.7 Å². The molecule has 1 aromatic carbocycles. The molecule has 1 N–H and O–H groups in total. The fraction of sp³-hybridized carbons (Fsp3) is 0.474. The van der Waals surface area contributed by atoms with Crippen LogP contribution in [0.2, 0.25) is 0 Å². The highest BCUT2D eigenvalue weighted by atomic mass is 32.1. The standard InChI is InChI=1S/C19H25N5OS/c1-14(2)17(23-8-10-25-11-9-23)12-20-18-22-24-13-16(21-19(24)26-18)15-6-4-3-5-7-15/h3-7,13-14,17H,8-12H2,1-2H3,(H,20,22)/t17-/m0/s1. The van der Waals surface area contributed by atoms with Crippen molar-refractivity contribution < 1.29 is 4.74 Å². The Balaban J connectivity index is 1.44. The van der Waals surface area contributed by atoms with Crippen molar-refractivity contribution in [1.29, 1.82) is 0 Å². The zero-order valence-corrected chi connectivity index (χ0v) is 16.1. The van der Waals surface area contributed by atoms with E-state index in [0.717, 1.165) is 54.2 Å². The fourth-order valence-corrected chi connectivity index (χ4v) is 4.20. The van der Waals surface area contributed by atoms with E-state index in [4.69, 9.17) is 9.72 Å². The molecular weight excluding hydrogens is 346 g/mol. The third-order valence-corrected chi connectivity index (χ3v) is 5.74. The molecule has 0 spiro atoms. The maximum absolute atomic E-state index is 5.49. The minimum atomic E-state index is 0.481. The van der Waals surface area contributed by atoms with Gasteiger partial charge in [-0.05, 0) is 5.92 Å². The van der Waals surface area contributed by atoms with Gasteiger partial charge in [0.25, 0.3) is 0 Å². The highest BCUT2D eigenvalue weighted by molar-refractivity contribution is 7.20. The van der Waals surface area contributed by atoms with Crippen molar-refractivity contribution in [2.24, 2.45) is 5.92 Å². The van der Waals surface area contributed by atoms with E-state index in [-0.39, 0.29) is 0 Å². The molecule has 1 saturated heterocycles. The number of rotatable bonds is 6. The molecule has 0 unspecified atom stereocenters. The van der Waals surface area contributed by atoms with Gasteiger partial charge in [-0.2, -0.15) is 0 Å². The van der Waals surface area contributed by atoms with Gasteiger partial charge in [0.1, 0.15) is 0 Å². The first-order valence-corrected chi connectivity index (χ1v) is 9.99. The van der Waals surface area contributed by atoms with Crippen LogP contribution in [0.25, 0.3) is 16.2 Å². The average Bonchev–Trinajstić information content (AvgIpc) is 3.22. The lowest BCUT2D eigenvalue weighted by molar-refractivity contribution is 0.00954. The summed E-state index contributed by atoms with van der Waals surface area (Å²) in [7, 11) is 0. The normalized spacial score (nSPS) is 17.0. The number of anilines is 1. The molecule has 1 atom stereocenters. The van der Waals surface area contributed by atoms with E-state index in [1.807, 2.05) is 28.9 Å². The number of nitrogens with zero attached hydrogens (tertiary/aromatic N) is 4. The molecule has 0 bridgehead atoms. The molecule has 0 saturated carbocycles. The Morgan fingerprint density at radius 1 is 1.19 bits per heavy atom. The maximum Gasteiger partial charge on any atom is 0.214 e. The van der Waals surface area contributed by atoms with E-state index in [9.17, 15) is 0 Å². The summed E-state index contributed by atoms with van der Waals surface area (Å²) in [4.78, 5) is 8.14. The van der Waals surface area contributed by atoms with E-state index in [0.29, 0.717) is 12.0 Å². The molecule has 1 aliphatic rings. The Morgan fingerprint density at radius 3 is 2.65 bits per heavy atom. The lowest BCUT2D eigenvalue weighted by Gasteiger charge is -2.36. The molecule has 2 aromatic heterocycles. The highest BCUT2D eigenvalue weighted by Gasteiger charge is 2.24. The van der Waals surface area contributed by atoms with Gasteiger partial charge in [-0.3, -0.25) is 4.90 Å². The summed E-state index contributed by atoms with van der Waals surface area (Å²) in [5, 5.41) is 9.10. The minimum Gasteiger partial charge on any atom is -0.379 e. The second kappa shape index (κ2) is 7.73. The van der Waals surface area contributed by atoms with Crippen LogP contribution >= 0.6 is 11.3 Å². The van der Waals surface area contributed by atoms with Crippen LogP contribution in [0.1, 0.15) is 13.8 Å². The molecule has 1 aliphatic heterocycles. The summed E-state index contributed by atoms with van der Waals surface area (Å²) < 4.78 is 7.36. The van der Waals surface area contributed by atoms with Crippen molar-refractivity contribution >= 4 is 21.4 Å². The molecule has 1 fully saturated rings. The van der Waals surface area contributed by atoms with Gasteiger partial charge in [0.2, 0.25) is 10.1 Å². The number of fused-ring (bicyclic) bond motifs is 1. The predicted octanol–water partition coefficient (Wildman–Crippen LogP) is 3.23. The molecule has 26 heavy (non-hydrogen) atoms. The largest absolute Gasteiger partial charge is 0.379 e. The van der Waals surface area contributed by atoms with Crippen molar-refractivity contribution in [2.45, 2.75) is 19.9 Å². The first kappa shape index (κ1) is 17.5. The Bertz CT molecular complexity index is 807. The number of benzene rings is 1. The summed E-state index contributed by atoms with van der Waals surface area (Å²) in [6.45, 7) is 9.12. The first-order chi connectivity index (χ1) is 12.7. The number of imidazole rings is 1. The van der Waals surface area contributed by atoms with E-state index in [2.05, 4.69) is 41.3 Å². The number of ether oxygens (including phenoxy) is 1. The Hall–Kier alpha value is -1.96. The third-order valence-electron chi connectivity index (χ3n) is 4.86. The van der Waals surface area contributed by atoms with Crippen LogP contribution in [-0.2, 0) is 4.74 Å². The lowest BCUT2D eigenvalue weighted by atomic mass is 10.0. The zero-order chi connectivity index (χ0) is 17.9. The van der Waals surface area contributed by atoms with Crippen LogP contribution in [0.5, 0.6) is 0 Å². The van der Waals surface area contributed by atoms with Crippen LogP contribution in [0, 0.1) is 5.92 Å². The molecule has 6 nitrogen and oxygen atoms in total. The summed E-state index contributed by atoms with van der Waals surface area (Å²) in [6, 6.07) is 10.7. The molecule has 0 aliphatic carbocycles. The quantitative estimate of drug-likeness (QED) is 0.721. The monoisotopic (exact) mass is 371 g/mol. The van der Waals surface area contributed by atoms with E-state index in [1.165, 1.54) is 0 Å². The average molecular weight is 372 g/mol. The number of nitrogens with one attached hydrogen (secondary N) is 1. The Kier molecular flexibility index (Phi) is 5.19. The smallest absolute Gasteiger partial charge is 0.214 e. The molecule has 3 heterocycles. The van der Waals surface area contributed by atoms with Crippen molar-refractivity contribution in [3.8, 4) is 11.3 Å². The van der Waals surface area contributed by atoms with Gasteiger partial charge in [-0.15, -0.1) is 5.10 Å². The Morgan fingerprint density at radius 2 is 1.96 bits per heavy atom. The van der Waals surface area contributed by atoms with Crippen molar-refractivity contribution in [1.82, 2.24) is 19.5 Å². The van der Waals surface area contributed by atoms with Gasteiger partial charge in [-0.1, -0.05) is 55.5 Å². The number of hydrogen-bond donors (Lipinski definition) is 1. The van der Waals surface area contributed by atoms with Gasteiger partial charge in [-0.25, -0.2) is 9.50 Å². The summed E-state index contributed by atoms with van der Waals surface area (Å²) in [5.41, 5.74) is 2.08. The molecular formula is C19H25N5OS. The van der Waals surface area contributed by atoms with E-state index >= 15 is 0 Å². The lowest BCUT2D eigenvalue weighted by Crippen LogP contribution is -2.49. The second-order valence-electron chi connectivity index (χ2n) is 6.97. The molecule has 0 radical (unpaired) electrons. The minimum absolute atomic E-state index is 0.481. The van der Waals surface area contributed by atoms with Crippen LogP contribution in [-0.4, -0.2) is 58.4 Å². The van der Waals surface area contributed by atoms with Gasteiger partial charge < -0.3 is 10.1 Å². The van der Waals surface area contributed by atoms with Crippen molar-refractivity contribution in [2.75, 3.05) is 38.2 Å². The summed E-state index contributed by atoms with van der Waals surface area (Å²) in [5.74, 6) is 0.578. The molecule has 0 amide bonds. The van der Waals surface area contributed by atoms with Gasteiger partial charge in [0, 0.05) is 31.2 Å². The summed E-state index contributed by atoms with van der Waals surface area (Å²) >= 11 is 1.60. The van der Waals surface area contributed by atoms with Crippen LogP contribution < -0.4 is 5.32 Å². The number of aromatic nitrogens is 3. The molecule has 138 valence electrons. The molecule has 7 heteroatoms. The number of hydrogen-bond acceptors (Lipinski definition) is 6. The van der Waals surface area contributed by atoms with Gasteiger partial charge in [0.05, 0.1) is 25.1 Å². The van der Waals surface area contributed by atoms with Crippen molar-refractivity contribution in [3.05, 3.63) is 36.5 Å². The summed E-state index contributed by atoms with van der Waals surface area (Å²) in [6.07, 6.45) is 1.99. The van der Waals surface area contributed by atoms with Gasteiger partial charge >= 0.3 is 0 Å². The Labute approximate surface area is 157 Å². The zero-order valence-electron chi connectivity index (χ0n) is 15.3. The van der Waals surface area contributed by atoms with Crippen LogP contribution in [0.3, 0.4) is 0 Å². The number of morpholine rings is 1. The molecule has 4 rings (SSSR count). The maximum atomic E-state index is 5.49. The second-order valence-corrected chi connectivity index (χ2v) is 7.92. The third kappa shape index (κ3) is 3.75. The van der Waals surface area contributed by atoms with Crippen LogP contribution in [0.15, 0.2) is 36.5 Å². The van der Waals surface area contributed by atoms with Gasteiger partial charge in [0.15, 0.2) is 0 Å².